The van der Waals surface area contributed by atoms with Gasteiger partial charge in [-0.05, 0) is 13.8 Å². The van der Waals surface area contributed by atoms with Crippen molar-refractivity contribution in [1.82, 2.24) is 0 Å². The molecule has 0 fully saturated rings. The molecule has 52 valence electrons. The summed E-state index contributed by atoms with van der Waals surface area (Å²) in [6.45, 7) is 8.37. The van der Waals surface area contributed by atoms with Gasteiger partial charge in [0.15, 0.2) is 0 Å². The van der Waals surface area contributed by atoms with Gasteiger partial charge < -0.3 is 4.74 Å². The van der Waals surface area contributed by atoms with Gasteiger partial charge in [0.2, 0.25) is 0 Å². The highest BCUT2D eigenvalue weighted by Crippen LogP contribution is 1.99. The zero-order valence-corrected chi connectivity index (χ0v) is 6.18. The van der Waals surface area contributed by atoms with Gasteiger partial charge in [0.1, 0.15) is 0 Å². The van der Waals surface area contributed by atoms with Crippen molar-refractivity contribution in [3.8, 4) is 0 Å². The lowest BCUT2D eigenvalue weighted by atomic mass is 10.3. The van der Waals surface area contributed by atoms with E-state index in [4.69, 9.17) is 4.74 Å². The molecule has 0 spiro atoms. The van der Waals surface area contributed by atoms with E-state index in [-0.39, 0.29) is 0 Å². The Morgan fingerprint density at radius 2 is 2.33 bits per heavy atom. The molecule has 0 saturated carbocycles. The Morgan fingerprint density at radius 1 is 1.67 bits per heavy atom. The summed E-state index contributed by atoms with van der Waals surface area (Å²) < 4.78 is 5.10. The first kappa shape index (κ1) is 8.28. The number of hydrogen-bond acceptors (Lipinski definition) is 1. The van der Waals surface area contributed by atoms with E-state index in [2.05, 4.69) is 6.58 Å². The van der Waals surface area contributed by atoms with Gasteiger partial charge in [-0.3, -0.25) is 0 Å². The number of ether oxygens (including phenoxy) is 1. The number of allylic oxidation sites excluding steroid dienone is 2. The molecule has 0 N–H and O–H groups in total. The molecule has 0 aliphatic heterocycles. The molecule has 0 amide bonds. The summed E-state index contributed by atoms with van der Waals surface area (Å²) in [5.74, 6) is 0.843. The van der Waals surface area contributed by atoms with Crippen LogP contribution in [0.4, 0.5) is 0 Å². The van der Waals surface area contributed by atoms with Crippen molar-refractivity contribution in [2.45, 2.75) is 20.3 Å². The highest BCUT2D eigenvalue weighted by Gasteiger charge is 1.85. The lowest BCUT2D eigenvalue weighted by Gasteiger charge is -2.01. The standard InChI is InChI=1S/C8H14O/c1-4-6-7-8(3)9-5-2/h4,6H,3,5,7H2,1-2H3/b6-4+. The first-order valence-electron chi connectivity index (χ1n) is 3.23. The molecule has 0 bridgehead atoms. The SMILES string of the molecule is C=C(C/C=C/C)OCC. The summed E-state index contributed by atoms with van der Waals surface area (Å²) in [4.78, 5) is 0. The van der Waals surface area contributed by atoms with Gasteiger partial charge in [-0.2, -0.15) is 0 Å². The quantitative estimate of drug-likeness (QED) is 0.415. The second-order valence-corrected chi connectivity index (χ2v) is 1.74. The molecular formula is C8H14O. The maximum atomic E-state index is 5.10. The van der Waals surface area contributed by atoms with E-state index < -0.39 is 0 Å². The molecule has 0 aliphatic carbocycles. The van der Waals surface area contributed by atoms with Crippen LogP contribution >= 0.6 is 0 Å². The fourth-order valence-corrected chi connectivity index (χ4v) is 0.512. The van der Waals surface area contributed by atoms with Gasteiger partial charge in [-0.1, -0.05) is 18.7 Å². The summed E-state index contributed by atoms with van der Waals surface area (Å²) in [7, 11) is 0. The van der Waals surface area contributed by atoms with Crippen LogP contribution in [0.2, 0.25) is 0 Å². The van der Waals surface area contributed by atoms with Crippen molar-refractivity contribution < 1.29 is 4.74 Å². The van der Waals surface area contributed by atoms with Crippen LogP contribution in [0.15, 0.2) is 24.5 Å². The van der Waals surface area contributed by atoms with Crippen LogP contribution in [0, 0.1) is 0 Å². The van der Waals surface area contributed by atoms with E-state index in [0.29, 0.717) is 0 Å². The van der Waals surface area contributed by atoms with Crippen molar-refractivity contribution in [3.63, 3.8) is 0 Å². The lowest BCUT2D eigenvalue weighted by Crippen LogP contribution is -1.86. The molecule has 0 unspecified atom stereocenters. The van der Waals surface area contributed by atoms with E-state index >= 15 is 0 Å². The predicted molar refractivity (Wildman–Crippen MR) is 40.2 cm³/mol. The topological polar surface area (TPSA) is 9.23 Å². The number of hydrogen-bond donors (Lipinski definition) is 0. The van der Waals surface area contributed by atoms with Crippen LogP contribution in [0.5, 0.6) is 0 Å². The Bertz CT molecular complexity index is 103. The molecule has 0 saturated heterocycles. The summed E-state index contributed by atoms with van der Waals surface area (Å²) in [5.41, 5.74) is 0. The maximum absolute atomic E-state index is 5.10. The minimum atomic E-state index is 0.719. The molecule has 0 heterocycles. The minimum absolute atomic E-state index is 0.719. The molecule has 1 nitrogen and oxygen atoms in total. The third kappa shape index (κ3) is 5.15. The van der Waals surface area contributed by atoms with E-state index in [9.17, 15) is 0 Å². The molecule has 0 aromatic rings. The summed E-state index contributed by atoms with van der Waals surface area (Å²) in [6.07, 6.45) is 4.85. The largest absolute Gasteiger partial charge is 0.499 e. The van der Waals surface area contributed by atoms with Crippen LogP contribution in [-0.2, 0) is 4.74 Å². The van der Waals surface area contributed by atoms with Crippen molar-refractivity contribution >= 4 is 0 Å². The maximum Gasteiger partial charge on any atom is 0.0925 e. The highest BCUT2D eigenvalue weighted by atomic mass is 16.5. The normalized spacial score (nSPS) is 10.0. The van der Waals surface area contributed by atoms with Crippen molar-refractivity contribution in [2.75, 3.05) is 6.61 Å². The summed E-state index contributed by atoms with van der Waals surface area (Å²) >= 11 is 0. The molecule has 0 aromatic carbocycles. The average molecular weight is 126 g/mol. The minimum Gasteiger partial charge on any atom is -0.499 e. The second kappa shape index (κ2) is 5.42. The Labute approximate surface area is 57.0 Å². The van der Waals surface area contributed by atoms with Gasteiger partial charge in [0, 0.05) is 6.42 Å². The Morgan fingerprint density at radius 3 is 2.78 bits per heavy atom. The monoisotopic (exact) mass is 126 g/mol. The van der Waals surface area contributed by atoms with Gasteiger partial charge in [-0.15, -0.1) is 0 Å². The molecule has 0 rings (SSSR count). The third-order valence-electron chi connectivity index (χ3n) is 0.930. The Balaban J connectivity index is 3.27. The zero-order valence-electron chi connectivity index (χ0n) is 6.18. The summed E-state index contributed by atoms with van der Waals surface area (Å²) in [5, 5.41) is 0. The lowest BCUT2D eigenvalue weighted by molar-refractivity contribution is 0.226. The molecule has 0 aliphatic rings. The van der Waals surface area contributed by atoms with E-state index in [1.54, 1.807) is 0 Å². The molecule has 0 atom stereocenters. The van der Waals surface area contributed by atoms with Crippen molar-refractivity contribution in [1.29, 1.82) is 0 Å². The van der Waals surface area contributed by atoms with Crippen LogP contribution in [-0.4, -0.2) is 6.61 Å². The first-order valence-corrected chi connectivity index (χ1v) is 3.23. The Kier molecular flexibility index (Phi) is 4.98. The fourth-order valence-electron chi connectivity index (χ4n) is 0.512. The second-order valence-electron chi connectivity index (χ2n) is 1.74. The van der Waals surface area contributed by atoms with Crippen LogP contribution in [0.25, 0.3) is 0 Å². The molecular weight excluding hydrogens is 112 g/mol. The van der Waals surface area contributed by atoms with Gasteiger partial charge in [0.05, 0.1) is 12.4 Å². The third-order valence-corrected chi connectivity index (χ3v) is 0.930. The summed E-state index contributed by atoms with van der Waals surface area (Å²) in [6, 6.07) is 0. The van der Waals surface area contributed by atoms with Gasteiger partial charge >= 0.3 is 0 Å². The van der Waals surface area contributed by atoms with E-state index in [1.807, 2.05) is 26.0 Å². The van der Waals surface area contributed by atoms with Crippen molar-refractivity contribution in [3.05, 3.63) is 24.5 Å². The average Bonchev–Trinajstić information content (AvgIpc) is 1.85. The predicted octanol–water partition coefficient (Wildman–Crippen LogP) is 2.50. The fraction of sp³-hybridized carbons (Fsp3) is 0.500. The zero-order chi connectivity index (χ0) is 7.11. The van der Waals surface area contributed by atoms with Crippen LogP contribution in [0.3, 0.4) is 0 Å². The molecule has 9 heavy (non-hydrogen) atoms. The van der Waals surface area contributed by atoms with Crippen molar-refractivity contribution in [2.24, 2.45) is 0 Å². The van der Waals surface area contributed by atoms with Gasteiger partial charge in [0.25, 0.3) is 0 Å². The van der Waals surface area contributed by atoms with Crippen LogP contribution < -0.4 is 0 Å². The number of rotatable bonds is 4. The highest BCUT2D eigenvalue weighted by molar-refractivity contribution is 4.93. The smallest absolute Gasteiger partial charge is 0.0925 e. The van der Waals surface area contributed by atoms with Crippen LogP contribution in [0.1, 0.15) is 20.3 Å². The van der Waals surface area contributed by atoms with Gasteiger partial charge in [-0.25, -0.2) is 0 Å². The first-order chi connectivity index (χ1) is 4.31. The molecule has 1 heteroatoms. The van der Waals surface area contributed by atoms with E-state index in [0.717, 1.165) is 18.8 Å². The Hall–Kier alpha value is -0.720. The van der Waals surface area contributed by atoms with E-state index in [1.165, 1.54) is 0 Å². The molecule has 0 aromatic heterocycles. The molecule has 0 radical (unpaired) electrons.